The molecule has 0 spiro atoms. The molecule has 0 aliphatic heterocycles. The maximum Gasteiger partial charge on any atom is 0.267 e. The van der Waals surface area contributed by atoms with Gasteiger partial charge in [0.1, 0.15) is 0 Å². The number of nitrogens with zero attached hydrogens (tertiary/aromatic N) is 1. The summed E-state index contributed by atoms with van der Waals surface area (Å²) in [7, 11) is -3.55. The quantitative estimate of drug-likeness (QED) is 0.848. The van der Waals surface area contributed by atoms with Crippen LogP contribution in [0.1, 0.15) is 12.6 Å². The maximum absolute atomic E-state index is 11.8. The van der Waals surface area contributed by atoms with Gasteiger partial charge in [0.2, 0.25) is 4.34 Å². The molecular formula is C8H13BrN2O3S2. The highest BCUT2D eigenvalue weighted by molar-refractivity contribution is 9.11. The largest absolute Gasteiger partial charge is 0.396 e. The number of rotatable bonds is 5. The van der Waals surface area contributed by atoms with E-state index >= 15 is 0 Å². The first-order chi connectivity index (χ1) is 7.36. The van der Waals surface area contributed by atoms with E-state index in [0.717, 1.165) is 11.3 Å². The molecule has 0 fully saturated rings. The minimum absolute atomic E-state index is 0.0435. The molecule has 2 N–H and O–H groups in total. The van der Waals surface area contributed by atoms with Crippen molar-refractivity contribution in [3.63, 3.8) is 0 Å². The third kappa shape index (κ3) is 3.49. The van der Waals surface area contributed by atoms with E-state index in [1.165, 1.54) is 0 Å². The minimum Gasteiger partial charge on any atom is -0.396 e. The SMILES string of the molecule is Cc1nc(S(=O)(=O)NCC(C)CO)sc1Br. The Morgan fingerprint density at radius 2 is 2.25 bits per heavy atom. The number of thiazole rings is 1. The van der Waals surface area contributed by atoms with Crippen molar-refractivity contribution in [1.82, 2.24) is 9.71 Å². The Balaban J connectivity index is 2.78. The Bertz CT molecular complexity index is 438. The van der Waals surface area contributed by atoms with E-state index in [0.29, 0.717) is 9.48 Å². The van der Waals surface area contributed by atoms with Crippen LogP contribution in [-0.2, 0) is 10.0 Å². The lowest BCUT2D eigenvalue weighted by atomic mass is 10.2. The topological polar surface area (TPSA) is 79.3 Å². The number of halogens is 1. The summed E-state index contributed by atoms with van der Waals surface area (Å²) in [5.41, 5.74) is 0.653. The fourth-order valence-corrected chi connectivity index (χ4v) is 4.00. The van der Waals surface area contributed by atoms with Crippen LogP contribution in [-0.4, -0.2) is 31.7 Å². The minimum atomic E-state index is -3.55. The van der Waals surface area contributed by atoms with Gasteiger partial charge in [-0.25, -0.2) is 18.1 Å². The van der Waals surface area contributed by atoms with E-state index in [1.807, 2.05) is 0 Å². The third-order valence-electron chi connectivity index (χ3n) is 1.88. The molecule has 0 amide bonds. The van der Waals surface area contributed by atoms with Crippen LogP contribution in [0, 0.1) is 12.8 Å². The van der Waals surface area contributed by atoms with E-state index in [9.17, 15) is 8.42 Å². The van der Waals surface area contributed by atoms with Crippen LogP contribution < -0.4 is 4.72 Å². The fourth-order valence-electron chi connectivity index (χ4n) is 0.847. The van der Waals surface area contributed by atoms with Crippen LogP contribution in [0.5, 0.6) is 0 Å². The van der Waals surface area contributed by atoms with Gasteiger partial charge in [-0.15, -0.1) is 0 Å². The standard InChI is InChI=1S/C8H13BrN2O3S2/c1-5(4-12)3-10-16(13,14)8-11-6(2)7(9)15-8/h5,10,12H,3-4H2,1-2H3. The molecule has 0 radical (unpaired) electrons. The lowest BCUT2D eigenvalue weighted by Gasteiger charge is -2.08. The Hall–Kier alpha value is -0.0200. The maximum atomic E-state index is 11.8. The second kappa shape index (κ2) is 5.54. The molecule has 0 saturated heterocycles. The fraction of sp³-hybridized carbons (Fsp3) is 0.625. The molecule has 0 aliphatic carbocycles. The van der Waals surface area contributed by atoms with Gasteiger partial charge in [-0.2, -0.15) is 0 Å². The van der Waals surface area contributed by atoms with Gasteiger partial charge in [-0.05, 0) is 28.8 Å². The van der Waals surface area contributed by atoms with Crippen molar-refractivity contribution >= 4 is 37.3 Å². The molecule has 1 heterocycles. The van der Waals surface area contributed by atoms with Gasteiger partial charge in [0.05, 0.1) is 9.48 Å². The van der Waals surface area contributed by atoms with E-state index in [4.69, 9.17) is 5.11 Å². The monoisotopic (exact) mass is 328 g/mol. The highest BCUT2D eigenvalue weighted by atomic mass is 79.9. The second-order valence-corrected chi connectivity index (χ2v) is 7.74. The predicted octanol–water partition coefficient (Wildman–Crippen LogP) is 1.12. The number of hydrogen-bond acceptors (Lipinski definition) is 5. The molecule has 8 heteroatoms. The molecule has 16 heavy (non-hydrogen) atoms. The van der Waals surface area contributed by atoms with Gasteiger partial charge >= 0.3 is 0 Å². The lowest BCUT2D eigenvalue weighted by Crippen LogP contribution is -2.29. The molecule has 1 aromatic heterocycles. The van der Waals surface area contributed by atoms with Gasteiger partial charge in [-0.3, -0.25) is 0 Å². The molecule has 1 atom stereocenters. The first kappa shape index (κ1) is 14.0. The summed E-state index contributed by atoms with van der Waals surface area (Å²) < 4.78 is 26.7. The first-order valence-corrected chi connectivity index (χ1v) is 7.69. The number of aliphatic hydroxyl groups excluding tert-OH is 1. The van der Waals surface area contributed by atoms with Crippen molar-refractivity contribution in [1.29, 1.82) is 0 Å². The third-order valence-corrected chi connectivity index (χ3v) is 5.69. The van der Waals surface area contributed by atoms with E-state index in [2.05, 4.69) is 25.6 Å². The second-order valence-electron chi connectivity index (χ2n) is 3.48. The Morgan fingerprint density at radius 1 is 1.62 bits per heavy atom. The van der Waals surface area contributed by atoms with Crippen LogP contribution in [0.2, 0.25) is 0 Å². The number of aryl methyl sites for hydroxylation is 1. The summed E-state index contributed by atoms with van der Waals surface area (Å²) in [6.45, 7) is 3.64. The molecule has 1 aromatic rings. The van der Waals surface area contributed by atoms with Gasteiger partial charge in [0.15, 0.2) is 0 Å². The molecule has 92 valence electrons. The summed E-state index contributed by atoms with van der Waals surface area (Å²) in [6.07, 6.45) is 0. The van der Waals surface area contributed by atoms with Gasteiger partial charge < -0.3 is 5.11 Å². The van der Waals surface area contributed by atoms with E-state index in [1.54, 1.807) is 13.8 Å². The summed E-state index contributed by atoms with van der Waals surface area (Å²) in [6, 6.07) is 0. The van der Waals surface area contributed by atoms with Gasteiger partial charge in [0.25, 0.3) is 10.0 Å². The average molecular weight is 329 g/mol. The normalized spacial score (nSPS) is 14.0. The summed E-state index contributed by atoms with van der Waals surface area (Å²) >= 11 is 4.30. The molecule has 1 unspecified atom stereocenters. The van der Waals surface area contributed by atoms with Crippen molar-refractivity contribution in [2.24, 2.45) is 5.92 Å². The number of aliphatic hydroxyl groups is 1. The van der Waals surface area contributed by atoms with Crippen molar-refractivity contribution in [2.45, 2.75) is 18.2 Å². The Morgan fingerprint density at radius 3 is 2.69 bits per heavy atom. The summed E-state index contributed by atoms with van der Waals surface area (Å²) in [5, 5.41) is 8.80. The van der Waals surface area contributed by atoms with Crippen LogP contribution in [0.3, 0.4) is 0 Å². The predicted molar refractivity (Wildman–Crippen MR) is 66.0 cm³/mol. The van der Waals surface area contributed by atoms with E-state index in [-0.39, 0.29) is 23.4 Å². The molecule has 0 aromatic carbocycles. The number of aromatic nitrogens is 1. The zero-order valence-corrected chi connectivity index (χ0v) is 12.1. The highest BCUT2D eigenvalue weighted by Gasteiger charge is 2.20. The summed E-state index contributed by atoms with van der Waals surface area (Å²) in [5.74, 6) is -0.112. The van der Waals surface area contributed by atoms with Gasteiger partial charge in [0, 0.05) is 13.2 Å². The highest BCUT2D eigenvalue weighted by Crippen LogP contribution is 2.26. The Labute approximate surface area is 107 Å². The molecule has 0 bridgehead atoms. The molecule has 0 aliphatic rings. The zero-order valence-electron chi connectivity index (χ0n) is 8.90. The molecule has 1 rings (SSSR count). The van der Waals surface area contributed by atoms with Crippen molar-refractivity contribution in [2.75, 3.05) is 13.2 Å². The lowest BCUT2D eigenvalue weighted by molar-refractivity contribution is 0.238. The van der Waals surface area contributed by atoms with Gasteiger partial charge in [-0.1, -0.05) is 18.3 Å². The zero-order chi connectivity index (χ0) is 12.3. The Kier molecular flexibility index (Phi) is 4.87. The number of nitrogens with one attached hydrogen (secondary N) is 1. The van der Waals surface area contributed by atoms with E-state index < -0.39 is 10.0 Å². The van der Waals surface area contributed by atoms with Crippen molar-refractivity contribution < 1.29 is 13.5 Å². The van der Waals surface area contributed by atoms with Crippen LogP contribution in [0.25, 0.3) is 0 Å². The van der Waals surface area contributed by atoms with Crippen molar-refractivity contribution in [3.05, 3.63) is 9.48 Å². The smallest absolute Gasteiger partial charge is 0.267 e. The molecule has 0 saturated carbocycles. The van der Waals surface area contributed by atoms with Crippen molar-refractivity contribution in [3.8, 4) is 0 Å². The summed E-state index contributed by atoms with van der Waals surface area (Å²) in [4.78, 5) is 3.94. The van der Waals surface area contributed by atoms with Crippen LogP contribution in [0.15, 0.2) is 8.13 Å². The number of sulfonamides is 1. The first-order valence-electron chi connectivity index (χ1n) is 4.60. The van der Waals surface area contributed by atoms with Crippen LogP contribution >= 0.6 is 27.3 Å². The van der Waals surface area contributed by atoms with Crippen LogP contribution in [0.4, 0.5) is 0 Å². The molecule has 5 nitrogen and oxygen atoms in total. The number of hydrogen-bond donors (Lipinski definition) is 2. The average Bonchev–Trinajstić information content (AvgIpc) is 2.56. The molecular weight excluding hydrogens is 316 g/mol.